The summed E-state index contributed by atoms with van der Waals surface area (Å²) >= 11 is 0. The Morgan fingerprint density at radius 2 is 2.09 bits per heavy atom. The maximum atomic E-state index is 11.5. The van der Waals surface area contributed by atoms with Crippen molar-refractivity contribution in [1.82, 2.24) is 0 Å². The zero-order valence-electron chi connectivity index (χ0n) is 6.64. The predicted molar refractivity (Wildman–Crippen MR) is 36.4 cm³/mol. The monoisotopic (exact) mass is 166 g/mol. The first-order valence-corrected chi connectivity index (χ1v) is 3.52. The maximum Gasteiger partial charge on any atom is 0.308 e. The van der Waals surface area contributed by atoms with Crippen LogP contribution in [-0.2, 0) is 9.53 Å². The molecule has 0 aliphatic rings. The van der Waals surface area contributed by atoms with Gasteiger partial charge in [0.2, 0.25) is 0 Å². The van der Waals surface area contributed by atoms with Crippen molar-refractivity contribution >= 4 is 5.97 Å². The van der Waals surface area contributed by atoms with Crippen LogP contribution < -0.4 is 0 Å². The molecule has 0 bridgehead atoms. The highest BCUT2D eigenvalue weighted by atomic mass is 19.3. The Labute approximate surface area is 64.5 Å². The van der Waals surface area contributed by atoms with E-state index in [1.165, 1.54) is 0 Å². The molecule has 0 heterocycles. The fraction of sp³-hybridized carbons (Fsp3) is 0.857. The van der Waals surface area contributed by atoms with Crippen LogP contribution in [0.1, 0.15) is 20.3 Å². The molecule has 1 unspecified atom stereocenters. The molecule has 0 saturated heterocycles. The van der Waals surface area contributed by atoms with E-state index in [9.17, 15) is 13.6 Å². The number of hydrogen-bond acceptors (Lipinski definition) is 2. The van der Waals surface area contributed by atoms with E-state index in [4.69, 9.17) is 0 Å². The van der Waals surface area contributed by atoms with Gasteiger partial charge in [-0.1, -0.05) is 13.8 Å². The van der Waals surface area contributed by atoms with Gasteiger partial charge in [-0.15, -0.1) is 0 Å². The van der Waals surface area contributed by atoms with Gasteiger partial charge in [0.05, 0.1) is 5.92 Å². The van der Waals surface area contributed by atoms with Gasteiger partial charge in [-0.05, 0) is 6.42 Å². The third-order valence-electron chi connectivity index (χ3n) is 1.37. The molecule has 0 aromatic heterocycles. The number of carbonyl (C=O) groups excluding carboxylic acids is 1. The molecule has 0 radical (unpaired) electrons. The van der Waals surface area contributed by atoms with Gasteiger partial charge in [0.15, 0.2) is 6.61 Å². The van der Waals surface area contributed by atoms with Crippen molar-refractivity contribution in [3.63, 3.8) is 0 Å². The molecule has 0 aliphatic carbocycles. The smallest absolute Gasteiger partial charge is 0.308 e. The van der Waals surface area contributed by atoms with Crippen LogP contribution in [0.5, 0.6) is 0 Å². The number of rotatable bonds is 4. The highest BCUT2D eigenvalue weighted by Gasteiger charge is 2.13. The minimum Gasteiger partial charge on any atom is -0.459 e. The van der Waals surface area contributed by atoms with Crippen molar-refractivity contribution in [2.75, 3.05) is 6.61 Å². The zero-order valence-corrected chi connectivity index (χ0v) is 6.64. The molecule has 0 amide bonds. The topological polar surface area (TPSA) is 26.3 Å². The van der Waals surface area contributed by atoms with Crippen molar-refractivity contribution < 1.29 is 18.3 Å². The van der Waals surface area contributed by atoms with Crippen LogP contribution in [0, 0.1) is 5.92 Å². The average Bonchev–Trinajstić information content (AvgIpc) is 1.98. The molecular weight excluding hydrogens is 154 g/mol. The summed E-state index contributed by atoms with van der Waals surface area (Å²) in [5.41, 5.74) is 0. The molecule has 0 saturated carbocycles. The summed E-state index contributed by atoms with van der Waals surface area (Å²) in [5, 5.41) is 0. The Hall–Kier alpha value is -0.670. The van der Waals surface area contributed by atoms with Crippen LogP contribution in [0.4, 0.5) is 8.78 Å². The van der Waals surface area contributed by atoms with Crippen LogP contribution in [0.2, 0.25) is 0 Å². The second-order valence-corrected chi connectivity index (χ2v) is 2.33. The summed E-state index contributed by atoms with van der Waals surface area (Å²) in [6, 6.07) is 0. The van der Waals surface area contributed by atoms with Crippen molar-refractivity contribution in [2.24, 2.45) is 5.92 Å². The molecule has 0 spiro atoms. The number of carbonyl (C=O) groups is 1. The molecule has 0 aromatic carbocycles. The van der Waals surface area contributed by atoms with E-state index in [1.54, 1.807) is 13.8 Å². The highest BCUT2D eigenvalue weighted by Crippen LogP contribution is 2.04. The van der Waals surface area contributed by atoms with Gasteiger partial charge < -0.3 is 4.74 Å². The summed E-state index contributed by atoms with van der Waals surface area (Å²) in [5.74, 6) is -0.832. The molecule has 4 heteroatoms. The van der Waals surface area contributed by atoms with E-state index < -0.39 is 19.0 Å². The first kappa shape index (κ1) is 10.3. The molecule has 11 heavy (non-hydrogen) atoms. The van der Waals surface area contributed by atoms with Gasteiger partial charge in [-0.2, -0.15) is 0 Å². The summed E-state index contributed by atoms with van der Waals surface area (Å²) in [4.78, 5) is 10.7. The lowest BCUT2D eigenvalue weighted by atomic mass is 10.1. The molecule has 66 valence electrons. The van der Waals surface area contributed by atoms with E-state index >= 15 is 0 Å². The Balaban J connectivity index is 3.52. The molecule has 2 nitrogen and oxygen atoms in total. The average molecular weight is 166 g/mol. The molecular formula is C7H12F2O2. The third kappa shape index (κ3) is 4.70. The van der Waals surface area contributed by atoms with Crippen molar-refractivity contribution in [3.05, 3.63) is 0 Å². The summed E-state index contributed by atoms with van der Waals surface area (Å²) in [6.45, 7) is 2.66. The van der Waals surface area contributed by atoms with Gasteiger partial charge in [0.25, 0.3) is 6.43 Å². The summed E-state index contributed by atoms with van der Waals surface area (Å²) < 4.78 is 27.2. The van der Waals surface area contributed by atoms with Gasteiger partial charge in [-0.3, -0.25) is 4.79 Å². The third-order valence-corrected chi connectivity index (χ3v) is 1.37. The number of esters is 1. The van der Waals surface area contributed by atoms with E-state index in [0.29, 0.717) is 6.42 Å². The predicted octanol–water partition coefficient (Wildman–Crippen LogP) is 1.84. The SMILES string of the molecule is CCC(C)C(=O)OCC(F)F. The Bertz CT molecular complexity index is 126. The second kappa shape index (κ2) is 5.04. The lowest BCUT2D eigenvalue weighted by Gasteiger charge is -2.07. The molecule has 1 atom stereocenters. The minimum atomic E-state index is -2.57. The Kier molecular flexibility index (Phi) is 4.74. The lowest BCUT2D eigenvalue weighted by molar-refractivity contribution is -0.152. The van der Waals surface area contributed by atoms with Gasteiger partial charge in [0.1, 0.15) is 0 Å². The number of alkyl halides is 2. The number of ether oxygens (including phenoxy) is 1. The maximum absolute atomic E-state index is 11.5. The fourth-order valence-corrected chi connectivity index (χ4v) is 0.454. The molecule has 0 fully saturated rings. The molecule has 0 rings (SSSR count). The van der Waals surface area contributed by atoms with Crippen molar-refractivity contribution in [3.8, 4) is 0 Å². The number of halogens is 2. The fourth-order valence-electron chi connectivity index (χ4n) is 0.454. The van der Waals surface area contributed by atoms with Gasteiger partial charge in [0, 0.05) is 0 Å². The molecule has 0 aliphatic heterocycles. The van der Waals surface area contributed by atoms with Crippen LogP contribution in [-0.4, -0.2) is 19.0 Å². The van der Waals surface area contributed by atoms with E-state index in [0.717, 1.165) is 0 Å². The zero-order chi connectivity index (χ0) is 8.85. The van der Waals surface area contributed by atoms with E-state index in [1.807, 2.05) is 0 Å². The quantitative estimate of drug-likeness (QED) is 0.595. The van der Waals surface area contributed by atoms with Crippen LogP contribution in [0.3, 0.4) is 0 Å². The number of hydrogen-bond donors (Lipinski definition) is 0. The van der Waals surface area contributed by atoms with E-state index in [2.05, 4.69) is 4.74 Å². The van der Waals surface area contributed by atoms with E-state index in [-0.39, 0.29) is 5.92 Å². The van der Waals surface area contributed by atoms with Crippen molar-refractivity contribution in [2.45, 2.75) is 26.7 Å². The first-order valence-electron chi connectivity index (χ1n) is 3.52. The van der Waals surface area contributed by atoms with Gasteiger partial charge in [-0.25, -0.2) is 8.78 Å². The van der Waals surface area contributed by atoms with Crippen LogP contribution in [0.15, 0.2) is 0 Å². The first-order chi connectivity index (χ1) is 5.07. The largest absolute Gasteiger partial charge is 0.459 e. The second-order valence-electron chi connectivity index (χ2n) is 2.33. The summed E-state index contributed by atoms with van der Waals surface area (Å²) in [7, 11) is 0. The molecule has 0 aromatic rings. The minimum absolute atomic E-state index is 0.284. The standard InChI is InChI=1S/C7H12F2O2/c1-3-5(2)7(10)11-4-6(8)9/h5-6H,3-4H2,1-2H3. The summed E-state index contributed by atoms with van der Waals surface area (Å²) in [6.07, 6.45) is -1.95. The molecule has 0 N–H and O–H groups in total. The Morgan fingerprint density at radius 3 is 2.45 bits per heavy atom. The lowest BCUT2D eigenvalue weighted by Crippen LogP contribution is -2.17. The van der Waals surface area contributed by atoms with Crippen LogP contribution in [0.25, 0.3) is 0 Å². The van der Waals surface area contributed by atoms with Crippen LogP contribution >= 0.6 is 0 Å². The highest BCUT2D eigenvalue weighted by molar-refractivity contribution is 5.71. The normalized spacial score (nSPS) is 13.2. The Morgan fingerprint density at radius 1 is 1.55 bits per heavy atom. The van der Waals surface area contributed by atoms with Crippen molar-refractivity contribution in [1.29, 1.82) is 0 Å². The van der Waals surface area contributed by atoms with Gasteiger partial charge >= 0.3 is 5.97 Å².